The number of nitrogens with zero attached hydrogens (tertiary/aromatic N) is 1. The molecule has 0 saturated carbocycles. The Bertz CT molecular complexity index is 884. The predicted molar refractivity (Wildman–Crippen MR) is 110 cm³/mol. The molecule has 0 fully saturated rings. The second-order valence-electron chi connectivity index (χ2n) is 6.38. The molecule has 150 valence electrons. The Kier molecular flexibility index (Phi) is 6.34. The Labute approximate surface area is 173 Å². The fraction of sp³-hybridized carbons (Fsp3) is 0.381. The summed E-state index contributed by atoms with van der Waals surface area (Å²) in [4.78, 5) is 15.0. The van der Waals surface area contributed by atoms with Crippen LogP contribution in [0.2, 0.25) is 0 Å². The van der Waals surface area contributed by atoms with Crippen molar-refractivity contribution in [2.45, 2.75) is 19.9 Å². The summed E-state index contributed by atoms with van der Waals surface area (Å²) in [6.45, 7) is 3.56. The highest BCUT2D eigenvalue weighted by atomic mass is 79.9. The fourth-order valence-electron chi connectivity index (χ4n) is 3.37. The molecule has 0 N–H and O–H groups in total. The van der Waals surface area contributed by atoms with Crippen LogP contribution in [0.15, 0.2) is 28.7 Å². The zero-order valence-electron chi connectivity index (χ0n) is 16.5. The summed E-state index contributed by atoms with van der Waals surface area (Å²) in [6.07, 6.45) is 0.761. The smallest absolute Gasteiger partial charge is 0.254 e. The van der Waals surface area contributed by atoms with Crippen molar-refractivity contribution in [3.63, 3.8) is 0 Å². The maximum absolute atomic E-state index is 13.1. The number of ether oxygens (including phenoxy) is 4. The van der Waals surface area contributed by atoms with E-state index in [1.807, 2.05) is 24.0 Å². The molecule has 7 heteroatoms. The van der Waals surface area contributed by atoms with E-state index in [2.05, 4.69) is 15.9 Å². The van der Waals surface area contributed by atoms with Crippen LogP contribution in [-0.2, 0) is 13.0 Å². The minimum atomic E-state index is -0.0533. The topological polar surface area (TPSA) is 57.2 Å². The minimum Gasteiger partial charge on any atom is -0.493 e. The third-order valence-corrected chi connectivity index (χ3v) is 5.36. The fourth-order valence-corrected chi connectivity index (χ4v) is 3.92. The number of fused-ring (bicyclic) bond motifs is 1. The van der Waals surface area contributed by atoms with Crippen molar-refractivity contribution in [1.29, 1.82) is 0 Å². The standard InChI is InChI=1S/C21H24BrNO5/c1-5-28-20-16(22)8-14(10-19(20)27-4)21(24)23-7-6-13-9-17(25-2)18(26-3)11-15(13)12-23/h8-11H,5-7,12H2,1-4H3. The highest BCUT2D eigenvalue weighted by Crippen LogP contribution is 2.38. The number of amides is 1. The number of methoxy groups -OCH3 is 3. The molecule has 28 heavy (non-hydrogen) atoms. The molecule has 0 radical (unpaired) electrons. The van der Waals surface area contributed by atoms with E-state index in [0.29, 0.717) is 52.7 Å². The summed E-state index contributed by atoms with van der Waals surface area (Å²) in [7, 11) is 4.80. The molecule has 0 spiro atoms. The second-order valence-corrected chi connectivity index (χ2v) is 7.23. The van der Waals surface area contributed by atoms with E-state index < -0.39 is 0 Å². The van der Waals surface area contributed by atoms with Gasteiger partial charge in [-0.25, -0.2) is 0 Å². The van der Waals surface area contributed by atoms with E-state index >= 15 is 0 Å². The van der Waals surface area contributed by atoms with Gasteiger partial charge in [0.1, 0.15) is 0 Å². The van der Waals surface area contributed by atoms with Crippen LogP contribution >= 0.6 is 15.9 Å². The van der Waals surface area contributed by atoms with Gasteiger partial charge in [0.05, 0.1) is 32.4 Å². The van der Waals surface area contributed by atoms with Gasteiger partial charge in [0.25, 0.3) is 5.91 Å². The van der Waals surface area contributed by atoms with Gasteiger partial charge in [-0.1, -0.05) is 0 Å². The van der Waals surface area contributed by atoms with Gasteiger partial charge in [-0.15, -0.1) is 0 Å². The lowest BCUT2D eigenvalue weighted by molar-refractivity contribution is 0.0734. The molecule has 1 heterocycles. The van der Waals surface area contributed by atoms with Crippen LogP contribution in [0.5, 0.6) is 23.0 Å². The Morgan fingerprint density at radius 2 is 1.64 bits per heavy atom. The number of carbonyl (C=O) groups excluding carboxylic acids is 1. The first kappa shape index (κ1) is 20.3. The van der Waals surface area contributed by atoms with Crippen LogP contribution in [0.3, 0.4) is 0 Å². The lowest BCUT2D eigenvalue weighted by atomic mass is 9.98. The zero-order chi connectivity index (χ0) is 20.3. The second kappa shape index (κ2) is 8.73. The van der Waals surface area contributed by atoms with Gasteiger partial charge in [-0.2, -0.15) is 0 Å². The molecule has 1 amide bonds. The largest absolute Gasteiger partial charge is 0.493 e. The van der Waals surface area contributed by atoms with Crippen molar-refractivity contribution in [1.82, 2.24) is 4.90 Å². The van der Waals surface area contributed by atoms with Gasteiger partial charge in [0.2, 0.25) is 0 Å². The van der Waals surface area contributed by atoms with Crippen LogP contribution < -0.4 is 18.9 Å². The van der Waals surface area contributed by atoms with E-state index in [-0.39, 0.29) is 5.91 Å². The number of carbonyl (C=O) groups is 1. The maximum atomic E-state index is 13.1. The minimum absolute atomic E-state index is 0.0533. The molecule has 1 aliphatic rings. The summed E-state index contributed by atoms with van der Waals surface area (Å²) in [5.41, 5.74) is 2.79. The molecular weight excluding hydrogens is 426 g/mol. The summed E-state index contributed by atoms with van der Waals surface area (Å²) < 4.78 is 22.5. The lowest BCUT2D eigenvalue weighted by Gasteiger charge is -2.30. The third-order valence-electron chi connectivity index (χ3n) is 4.77. The summed E-state index contributed by atoms with van der Waals surface area (Å²) in [5.74, 6) is 2.45. The molecule has 0 atom stereocenters. The van der Waals surface area contributed by atoms with Crippen molar-refractivity contribution in [2.75, 3.05) is 34.5 Å². The normalized spacial score (nSPS) is 13.0. The molecule has 1 aliphatic heterocycles. The van der Waals surface area contributed by atoms with E-state index in [0.717, 1.165) is 12.0 Å². The lowest BCUT2D eigenvalue weighted by Crippen LogP contribution is -2.36. The van der Waals surface area contributed by atoms with Gasteiger partial charge >= 0.3 is 0 Å². The molecule has 0 unspecified atom stereocenters. The molecule has 2 aromatic carbocycles. The van der Waals surface area contributed by atoms with Crippen molar-refractivity contribution < 1.29 is 23.7 Å². The monoisotopic (exact) mass is 449 g/mol. The molecule has 3 rings (SSSR count). The molecule has 0 bridgehead atoms. The Hall–Kier alpha value is -2.41. The van der Waals surface area contributed by atoms with E-state index in [1.165, 1.54) is 5.56 Å². The number of benzene rings is 2. The average Bonchev–Trinajstić information content (AvgIpc) is 2.72. The van der Waals surface area contributed by atoms with Crippen molar-refractivity contribution in [3.8, 4) is 23.0 Å². The SMILES string of the molecule is CCOc1c(Br)cc(C(=O)N2CCc3cc(OC)c(OC)cc3C2)cc1OC. The predicted octanol–water partition coefficient (Wildman–Crippen LogP) is 4.07. The Balaban J connectivity index is 1.88. The quantitative estimate of drug-likeness (QED) is 0.664. The van der Waals surface area contributed by atoms with Crippen LogP contribution in [0.4, 0.5) is 0 Å². The summed E-state index contributed by atoms with van der Waals surface area (Å²) >= 11 is 3.49. The van der Waals surface area contributed by atoms with Crippen LogP contribution in [0.25, 0.3) is 0 Å². The van der Waals surface area contributed by atoms with Gasteiger partial charge in [0, 0.05) is 18.7 Å². The molecule has 6 nitrogen and oxygen atoms in total. The maximum Gasteiger partial charge on any atom is 0.254 e. The Morgan fingerprint density at radius 3 is 2.25 bits per heavy atom. The van der Waals surface area contributed by atoms with E-state index in [1.54, 1.807) is 33.5 Å². The summed E-state index contributed by atoms with van der Waals surface area (Å²) in [5, 5.41) is 0. The van der Waals surface area contributed by atoms with Gasteiger partial charge in [0.15, 0.2) is 23.0 Å². The van der Waals surface area contributed by atoms with Crippen LogP contribution in [0.1, 0.15) is 28.4 Å². The van der Waals surface area contributed by atoms with Gasteiger partial charge in [-0.05, 0) is 64.7 Å². The first-order chi connectivity index (χ1) is 13.5. The number of hydrogen-bond acceptors (Lipinski definition) is 5. The van der Waals surface area contributed by atoms with Crippen LogP contribution in [-0.4, -0.2) is 45.3 Å². The first-order valence-electron chi connectivity index (χ1n) is 9.05. The van der Waals surface area contributed by atoms with Crippen molar-refractivity contribution in [3.05, 3.63) is 45.4 Å². The first-order valence-corrected chi connectivity index (χ1v) is 9.85. The Morgan fingerprint density at radius 1 is 1.00 bits per heavy atom. The molecule has 0 aromatic heterocycles. The van der Waals surface area contributed by atoms with E-state index in [9.17, 15) is 4.79 Å². The zero-order valence-corrected chi connectivity index (χ0v) is 18.1. The van der Waals surface area contributed by atoms with Gasteiger partial charge in [-0.3, -0.25) is 4.79 Å². The third kappa shape index (κ3) is 3.90. The molecule has 0 aliphatic carbocycles. The highest BCUT2D eigenvalue weighted by molar-refractivity contribution is 9.10. The molecular formula is C21H24BrNO5. The van der Waals surface area contributed by atoms with Gasteiger partial charge < -0.3 is 23.8 Å². The molecule has 2 aromatic rings. The van der Waals surface area contributed by atoms with Crippen molar-refractivity contribution in [2.24, 2.45) is 0 Å². The van der Waals surface area contributed by atoms with Crippen LogP contribution in [0, 0.1) is 0 Å². The number of hydrogen-bond donors (Lipinski definition) is 0. The highest BCUT2D eigenvalue weighted by Gasteiger charge is 2.25. The average molecular weight is 450 g/mol. The summed E-state index contributed by atoms with van der Waals surface area (Å²) in [6, 6.07) is 7.44. The van der Waals surface area contributed by atoms with E-state index in [4.69, 9.17) is 18.9 Å². The number of halogens is 1. The van der Waals surface area contributed by atoms with Crippen molar-refractivity contribution >= 4 is 21.8 Å². The molecule has 0 saturated heterocycles. The number of rotatable bonds is 6.